The molecule has 0 atom stereocenters. The van der Waals surface area contributed by atoms with Crippen LogP contribution in [0.15, 0.2) is 48.5 Å². The Hall–Kier alpha value is -1.80. The average molecular weight is 260 g/mol. The predicted molar refractivity (Wildman–Crippen MR) is 75.4 cm³/mol. The third-order valence-corrected chi connectivity index (χ3v) is 3.07. The van der Waals surface area contributed by atoms with E-state index in [9.17, 15) is 4.79 Å². The van der Waals surface area contributed by atoms with Crippen molar-refractivity contribution in [2.24, 2.45) is 0 Å². The molecular formula is C15H14ClNO. The molecule has 0 bridgehead atoms. The fourth-order valence-electron chi connectivity index (χ4n) is 1.67. The predicted octanol–water partition coefficient (Wildman–Crippen LogP) is 3.93. The Labute approximate surface area is 112 Å². The van der Waals surface area contributed by atoms with Gasteiger partial charge in [-0.3, -0.25) is 4.79 Å². The normalized spacial score (nSPS) is 10.2. The molecule has 2 aromatic carbocycles. The van der Waals surface area contributed by atoms with Gasteiger partial charge in [0, 0.05) is 23.3 Å². The molecule has 0 aromatic heterocycles. The first kappa shape index (κ1) is 12.7. The topological polar surface area (TPSA) is 20.3 Å². The first-order valence-electron chi connectivity index (χ1n) is 5.68. The van der Waals surface area contributed by atoms with Gasteiger partial charge in [0.15, 0.2) is 0 Å². The first-order valence-corrected chi connectivity index (χ1v) is 6.06. The van der Waals surface area contributed by atoms with Crippen molar-refractivity contribution < 1.29 is 4.79 Å². The van der Waals surface area contributed by atoms with Crippen LogP contribution in [0.5, 0.6) is 0 Å². The zero-order chi connectivity index (χ0) is 13.1. The van der Waals surface area contributed by atoms with Crippen molar-refractivity contribution in [3.05, 3.63) is 64.7 Å². The lowest BCUT2D eigenvalue weighted by Gasteiger charge is -2.17. The second-order valence-electron chi connectivity index (χ2n) is 4.21. The van der Waals surface area contributed by atoms with Crippen LogP contribution in [-0.2, 0) is 0 Å². The Morgan fingerprint density at radius 1 is 1.00 bits per heavy atom. The van der Waals surface area contributed by atoms with Crippen molar-refractivity contribution in [2.45, 2.75) is 6.92 Å². The molecule has 0 saturated heterocycles. The molecule has 0 fully saturated rings. The third-order valence-electron chi connectivity index (χ3n) is 2.82. The summed E-state index contributed by atoms with van der Waals surface area (Å²) in [5, 5.41) is 0.629. The summed E-state index contributed by atoms with van der Waals surface area (Å²) in [6, 6.07) is 14.7. The van der Waals surface area contributed by atoms with Gasteiger partial charge in [0.05, 0.1) is 0 Å². The Morgan fingerprint density at radius 3 is 2.11 bits per heavy atom. The Morgan fingerprint density at radius 2 is 1.56 bits per heavy atom. The summed E-state index contributed by atoms with van der Waals surface area (Å²) in [5.41, 5.74) is 2.68. The van der Waals surface area contributed by atoms with E-state index in [2.05, 4.69) is 0 Å². The second kappa shape index (κ2) is 5.23. The van der Waals surface area contributed by atoms with Gasteiger partial charge in [0.25, 0.3) is 5.91 Å². The summed E-state index contributed by atoms with van der Waals surface area (Å²) < 4.78 is 0. The molecule has 0 spiro atoms. The van der Waals surface area contributed by atoms with Crippen molar-refractivity contribution in [1.29, 1.82) is 0 Å². The number of carbonyl (C=O) groups excluding carboxylic acids is 1. The van der Waals surface area contributed by atoms with E-state index in [0.29, 0.717) is 10.6 Å². The number of aryl methyl sites for hydroxylation is 1. The standard InChI is InChI=1S/C15H14ClNO/c1-11-3-9-14(10-4-11)17(2)15(18)12-5-7-13(16)8-6-12/h3-10H,1-2H3. The Bertz CT molecular complexity index is 546. The molecule has 0 aliphatic heterocycles. The van der Waals surface area contributed by atoms with Gasteiger partial charge in [-0.25, -0.2) is 0 Å². The largest absolute Gasteiger partial charge is 0.311 e. The monoisotopic (exact) mass is 259 g/mol. The highest BCUT2D eigenvalue weighted by Crippen LogP contribution is 2.17. The third kappa shape index (κ3) is 2.71. The van der Waals surface area contributed by atoms with Crippen LogP contribution in [0.2, 0.25) is 5.02 Å². The zero-order valence-corrected chi connectivity index (χ0v) is 11.1. The van der Waals surface area contributed by atoms with Gasteiger partial charge in [-0.15, -0.1) is 0 Å². The Balaban J connectivity index is 2.23. The molecule has 3 heteroatoms. The minimum atomic E-state index is -0.0458. The maximum Gasteiger partial charge on any atom is 0.258 e. The average Bonchev–Trinajstić information content (AvgIpc) is 2.39. The van der Waals surface area contributed by atoms with Crippen molar-refractivity contribution in [2.75, 3.05) is 11.9 Å². The van der Waals surface area contributed by atoms with Crippen LogP contribution >= 0.6 is 11.6 Å². The smallest absolute Gasteiger partial charge is 0.258 e. The number of hydrogen-bond acceptors (Lipinski definition) is 1. The summed E-state index contributed by atoms with van der Waals surface area (Å²) in [4.78, 5) is 13.9. The molecule has 0 N–H and O–H groups in total. The van der Waals surface area contributed by atoms with Gasteiger partial charge in [0.1, 0.15) is 0 Å². The van der Waals surface area contributed by atoms with Crippen LogP contribution in [0.4, 0.5) is 5.69 Å². The minimum Gasteiger partial charge on any atom is -0.311 e. The van der Waals surface area contributed by atoms with E-state index in [1.54, 1.807) is 36.2 Å². The highest BCUT2D eigenvalue weighted by molar-refractivity contribution is 6.30. The zero-order valence-electron chi connectivity index (χ0n) is 10.4. The molecule has 0 aliphatic rings. The summed E-state index contributed by atoms with van der Waals surface area (Å²) in [7, 11) is 1.77. The molecule has 0 radical (unpaired) electrons. The number of carbonyl (C=O) groups is 1. The summed E-state index contributed by atoms with van der Waals surface area (Å²) in [5.74, 6) is -0.0458. The number of rotatable bonds is 2. The highest BCUT2D eigenvalue weighted by atomic mass is 35.5. The van der Waals surface area contributed by atoms with Crippen LogP contribution in [0.25, 0.3) is 0 Å². The van der Waals surface area contributed by atoms with Gasteiger partial charge < -0.3 is 4.90 Å². The molecule has 92 valence electrons. The lowest BCUT2D eigenvalue weighted by Crippen LogP contribution is -2.26. The molecular weight excluding hydrogens is 246 g/mol. The number of benzene rings is 2. The lowest BCUT2D eigenvalue weighted by molar-refractivity contribution is 0.0993. The quantitative estimate of drug-likeness (QED) is 0.800. The van der Waals surface area contributed by atoms with E-state index in [1.807, 2.05) is 31.2 Å². The molecule has 0 aliphatic carbocycles. The second-order valence-corrected chi connectivity index (χ2v) is 4.64. The van der Waals surface area contributed by atoms with Gasteiger partial charge in [-0.05, 0) is 43.3 Å². The molecule has 0 heterocycles. The fraction of sp³-hybridized carbons (Fsp3) is 0.133. The van der Waals surface area contributed by atoms with Crippen LogP contribution in [0.1, 0.15) is 15.9 Å². The van der Waals surface area contributed by atoms with E-state index in [0.717, 1.165) is 5.69 Å². The molecule has 18 heavy (non-hydrogen) atoms. The van der Waals surface area contributed by atoms with Crippen molar-refractivity contribution in [3.8, 4) is 0 Å². The fourth-order valence-corrected chi connectivity index (χ4v) is 1.80. The highest BCUT2D eigenvalue weighted by Gasteiger charge is 2.12. The van der Waals surface area contributed by atoms with Crippen molar-refractivity contribution in [1.82, 2.24) is 0 Å². The van der Waals surface area contributed by atoms with E-state index in [4.69, 9.17) is 11.6 Å². The molecule has 2 rings (SSSR count). The van der Waals surface area contributed by atoms with E-state index in [-0.39, 0.29) is 5.91 Å². The molecule has 0 unspecified atom stereocenters. The minimum absolute atomic E-state index is 0.0458. The maximum absolute atomic E-state index is 12.2. The molecule has 2 aromatic rings. The van der Waals surface area contributed by atoms with Gasteiger partial charge in [0.2, 0.25) is 0 Å². The van der Waals surface area contributed by atoms with Gasteiger partial charge in [-0.1, -0.05) is 29.3 Å². The van der Waals surface area contributed by atoms with Crippen LogP contribution in [-0.4, -0.2) is 13.0 Å². The summed E-state index contributed by atoms with van der Waals surface area (Å²) in [6.45, 7) is 2.02. The van der Waals surface area contributed by atoms with E-state index in [1.165, 1.54) is 5.56 Å². The number of anilines is 1. The van der Waals surface area contributed by atoms with Crippen molar-refractivity contribution in [3.63, 3.8) is 0 Å². The lowest BCUT2D eigenvalue weighted by atomic mass is 10.1. The number of halogens is 1. The SMILES string of the molecule is Cc1ccc(N(C)C(=O)c2ccc(Cl)cc2)cc1. The molecule has 2 nitrogen and oxygen atoms in total. The van der Waals surface area contributed by atoms with E-state index >= 15 is 0 Å². The number of hydrogen-bond donors (Lipinski definition) is 0. The number of nitrogens with zero attached hydrogens (tertiary/aromatic N) is 1. The molecule has 1 amide bonds. The van der Waals surface area contributed by atoms with Crippen LogP contribution in [0.3, 0.4) is 0 Å². The first-order chi connectivity index (χ1) is 8.58. The van der Waals surface area contributed by atoms with Gasteiger partial charge >= 0.3 is 0 Å². The number of amides is 1. The van der Waals surface area contributed by atoms with Crippen LogP contribution < -0.4 is 4.90 Å². The summed E-state index contributed by atoms with van der Waals surface area (Å²) >= 11 is 5.81. The maximum atomic E-state index is 12.2. The van der Waals surface area contributed by atoms with Crippen LogP contribution in [0, 0.1) is 6.92 Å². The summed E-state index contributed by atoms with van der Waals surface area (Å²) in [6.07, 6.45) is 0. The van der Waals surface area contributed by atoms with Crippen molar-refractivity contribution >= 4 is 23.2 Å². The molecule has 0 saturated carbocycles. The van der Waals surface area contributed by atoms with Gasteiger partial charge in [-0.2, -0.15) is 0 Å². The van der Waals surface area contributed by atoms with E-state index < -0.39 is 0 Å². The Kier molecular flexibility index (Phi) is 3.68.